The molecule has 1 rings (SSSR count). The summed E-state index contributed by atoms with van der Waals surface area (Å²) in [5, 5.41) is 0. The van der Waals surface area contributed by atoms with Crippen LogP contribution in [-0.2, 0) is 4.79 Å². The fourth-order valence-corrected chi connectivity index (χ4v) is 1.20. The molecule has 0 aliphatic carbocycles. The van der Waals surface area contributed by atoms with E-state index in [4.69, 9.17) is 5.73 Å². The number of nitrogens with zero attached hydrogens (tertiary/aromatic N) is 1. The van der Waals surface area contributed by atoms with E-state index in [2.05, 4.69) is 0 Å². The van der Waals surface area contributed by atoms with Crippen LogP contribution in [0.15, 0.2) is 12.1 Å². The minimum atomic E-state index is -1.65. The Hall–Kier alpha value is -2.05. The van der Waals surface area contributed by atoms with E-state index in [1.54, 1.807) is 0 Å². The number of carbonyl (C=O) groups is 2. The highest BCUT2D eigenvalue weighted by Crippen LogP contribution is 2.14. The molecule has 2 amide bonds. The van der Waals surface area contributed by atoms with Gasteiger partial charge in [0.15, 0.2) is 17.5 Å². The molecule has 0 heterocycles. The number of rotatable bonds is 3. The number of nitrogens with two attached hydrogens (primary N) is 1. The Morgan fingerprint density at radius 1 is 1.24 bits per heavy atom. The van der Waals surface area contributed by atoms with Crippen LogP contribution in [0.4, 0.5) is 13.2 Å². The van der Waals surface area contributed by atoms with Crippen molar-refractivity contribution in [1.29, 1.82) is 0 Å². The van der Waals surface area contributed by atoms with Gasteiger partial charge in [0.05, 0.1) is 6.54 Å². The molecule has 7 heteroatoms. The third-order valence-corrected chi connectivity index (χ3v) is 1.97. The van der Waals surface area contributed by atoms with E-state index in [0.29, 0.717) is 12.1 Å². The van der Waals surface area contributed by atoms with Gasteiger partial charge < -0.3 is 10.6 Å². The van der Waals surface area contributed by atoms with Crippen molar-refractivity contribution < 1.29 is 22.8 Å². The molecule has 4 nitrogen and oxygen atoms in total. The van der Waals surface area contributed by atoms with Crippen LogP contribution >= 0.6 is 0 Å². The zero-order valence-electron chi connectivity index (χ0n) is 8.84. The van der Waals surface area contributed by atoms with Crippen molar-refractivity contribution >= 4 is 11.8 Å². The quantitative estimate of drug-likeness (QED) is 0.796. The molecule has 17 heavy (non-hydrogen) atoms. The fraction of sp³-hybridized carbons (Fsp3) is 0.200. The summed E-state index contributed by atoms with van der Waals surface area (Å²) in [5.41, 5.74) is 4.45. The van der Waals surface area contributed by atoms with Crippen LogP contribution in [0.3, 0.4) is 0 Å². The number of primary amides is 1. The summed E-state index contributed by atoms with van der Waals surface area (Å²) in [6, 6.07) is 1.11. The first-order valence-corrected chi connectivity index (χ1v) is 4.51. The van der Waals surface area contributed by atoms with Gasteiger partial charge in [-0.25, -0.2) is 13.2 Å². The third-order valence-electron chi connectivity index (χ3n) is 1.97. The minimum absolute atomic E-state index is 0.398. The van der Waals surface area contributed by atoms with Gasteiger partial charge in [0, 0.05) is 12.6 Å². The number of benzene rings is 1. The summed E-state index contributed by atoms with van der Waals surface area (Å²) in [6.45, 7) is -0.403. The van der Waals surface area contributed by atoms with Crippen LogP contribution in [-0.4, -0.2) is 30.3 Å². The Morgan fingerprint density at radius 3 is 2.12 bits per heavy atom. The SMILES string of the molecule is CN(CC(N)=O)C(=O)c1cc(F)c(F)c(F)c1. The van der Waals surface area contributed by atoms with Gasteiger partial charge in [-0.2, -0.15) is 0 Å². The molecule has 0 unspecified atom stereocenters. The molecule has 0 aliphatic rings. The van der Waals surface area contributed by atoms with E-state index in [0.717, 1.165) is 4.90 Å². The molecule has 0 spiro atoms. The number of hydrogen-bond acceptors (Lipinski definition) is 2. The molecule has 0 saturated carbocycles. The van der Waals surface area contributed by atoms with Crippen molar-refractivity contribution in [3.05, 3.63) is 35.1 Å². The van der Waals surface area contributed by atoms with Crippen LogP contribution in [0.5, 0.6) is 0 Å². The molecule has 0 aromatic heterocycles. The molecule has 0 bridgehead atoms. The van der Waals surface area contributed by atoms with Gasteiger partial charge in [-0.3, -0.25) is 9.59 Å². The van der Waals surface area contributed by atoms with Crippen molar-refractivity contribution in [2.45, 2.75) is 0 Å². The van der Waals surface area contributed by atoms with Crippen LogP contribution in [0.2, 0.25) is 0 Å². The Morgan fingerprint density at radius 2 is 1.71 bits per heavy atom. The smallest absolute Gasteiger partial charge is 0.254 e. The van der Waals surface area contributed by atoms with E-state index in [1.165, 1.54) is 7.05 Å². The van der Waals surface area contributed by atoms with Gasteiger partial charge in [0.25, 0.3) is 5.91 Å². The van der Waals surface area contributed by atoms with Crippen LogP contribution in [0.1, 0.15) is 10.4 Å². The highest BCUT2D eigenvalue weighted by atomic mass is 19.2. The fourth-order valence-electron chi connectivity index (χ4n) is 1.20. The lowest BCUT2D eigenvalue weighted by Crippen LogP contribution is -2.35. The van der Waals surface area contributed by atoms with Gasteiger partial charge >= 0.3 is 0 Å². The van der Waals surface area contributed by atoms with E-state index in [1.807, 2.05) is 0 Å². The third kappa shape index (κ3) is 2.96. The highest BCUT2D eigenvalue weighted by molar-refractivity contribution is 5.96. The molecule has 0 radical (unpaired) electrons. The number of hydrogen-bond donors (Lipinski definition) is 1. The van der Waals surface area contributed by atoms with Gasteiger partial charge in [-0.05, 0) is 12.1 Å². The Bertz CT molecular complexity index is 454. The van der Waals surface area contributed by atoms with Crippen molar-refractivity contribution in [1.82, 2.24) is 4.90 Å². The summed E-state index contributed by atoms with van der Waals surface area (Å²) in [7, 11) is 1.23. The number of amides is 2. The van der Waals surface area contributed by atoms with Crippen molar-refractivity contribution in [2.75, 3.05) is 13.6 Å². The number of likely N-dealkylation sites (N-methyl/N-ethyl adjacent to an activating group) is 1. The molecule has 0 atom stereocenters. The van der Waals surface area contributed by atoms with Gasteiger partial charge in [0.2, 0.25) is 5.91 Å². The number of halogens is 3. The zero-order valence-corrected chi connectivity index (χ0v) is 8.84. The topological polar surface area (TPSA) is 63.4 Å². The molecule has 92 valence electrons. The lowest BCUT2D eigenvalue weighted by molar-refractivity contribution is -0.118. The maximum Gasteiger partial charge on any atom is 0.254 e. The minimum Gasteiger partial charge on any atom is -0.368 e. The summed E-state index contributed by atoms with van der Waals surface area (Å²) >= 11 is 0. The summed E-state index contributed by atoms with van der Waals surface area (Å²) in [4.78, 5) is 23.0. The van der Waals surface area contributed by atoms with Crippen LogP contribution in [0.25, 0.3) is 0 Å². The lowest BCUT2D eigenvalue weighted by atomic mass is 10.2. The van der Waals surface area contributed by atoms with E-state index < -0.39 is 41.4 Å². The Labute approximate surface area is 94.8 Å². The Balaban J connectivity index is 3.01. The monoisotopic (exact) mass is 246 g/mol. The molecule has 1 aromatic carbocycles. The summed E-state index contributed by atoms with van der Waals surface area (Å²) in [5.74, 6) is -6.20. The summed E-state index contributed by atoms with van der Waals surface area (Å²) < 4.78 is 38.3. The average Bonchev–Trinajstić information content (AvgIpc) is 2.23. The van der Waals surface area contributed by atoms with Crippen molar-refractivity contribution in [3.63, 3.8) is 0 Å². The first-order valence-electron chi connectivity index (χ1n) is 4.51. The van der Waals surface area contributed by atoms with E-state index >= 15 is 0 Å². The second-order valence-electron chi connectivity index (χ2n) is 3.38. The Kier molecular flexibility index (Phi) is 3.72. The highest BCUT2D eigenvalue weighted by Gasteiger charge is 2.18. The molecule has 0 saturated heterocycles. The second-order valence-corrected chi connectivity index (χ2v) is 3.38. The zero-order chi connectivity index (χ0) is 13.2. The first-order chi connectivity index (χ1) is 7.82. The van der Waals surface area contributed by atoms with Gasteiger partial charge in [-0.15, -0.1) is 0 Å². The van der Waals surface area contributed by atoms with Crippen molar-refractivity contribution in [3.8, 4) is 0 Å². The molecule has 0 fully saturated rings. The average molecular weight is 246 g/mol. The van der Waals surface area contributed by atoms with Crippen LogP contribution < -0.4 is 5.73 Å². The molecular formula is C10H9F3N2O2. The van der Waals surface area contributed by atoms with E-state index in [-0.39, 0.29) is 0 Å². The maximum atomic E-state index is 12.8. The normalized spacial score (nSPS) is 10.1. The summed E-state index contributed by atoms with van der Waals surface area (Å²) in [6.07, 6.45) is 0. The molecule has 0 aliphatic heterocycles. The first kappa shape index (κ1) is 13.0. The standard InChI is InChI=1S/C10H9F3N2O2/c1-15(4-8(14)16)10(17)5-2-6(11)9(13)7(12)3-5/h2-3H,4H2,1H3,(H2,14,16). The van der Waals surface area contributed by atoms with Gasteiger partial charge in [0.1, 0.15) is 0 Å². The maximum absolute atomic E-state index is 12.8. The predicted octanol–water partition coefficient (Wildman–Crippen LogP) is 0.661. The molecular weight excluding hydrogens is 237 g/mol. The van der Waals surface area contributed by atoms with Gasteiger partial charge in [-0.1, -0.05) is 0 Å². The van der Waals surface area contributed by atoms with Crippen LogP contribution in [0, 0.1) is 17.5 Å². The van der Waals surface area contributed by atoms with E-state index in [9.17, 15) is 22.8 Å². The number of carbonyl (C=O) groups excluding carboxylic acids is 2. The second kappa shape index (κ2) is 4.86. The van der Waals surface area contributed by atoms with Crippen molar-refractivity contribution in [2.24, 2.45) is 5.73 Å². The molecule has 1 aromatic rings. The largest absolute Gasteiger partial charge is 0.368 e. The molecule has 2 N–H and O–H groups in total. The predicted molar refractivity (Wildman–Crippen MR) is 52.5 cm³/mol. The lowest BCUT2D eigenvalue weighted by Gasteiger charge is -2.15.